The molecule has 0 heterocycles. The Morgan fingerprint density at radius 3 is 1.87 bits per heavy atom. The van der Waals surface area contributed by atoms with Gasteiger partial charge in [-0.25, -0.2) is 0 Å². The van der Waals surface area contributed by atoms with Gasteiger partial charge in [-0.1, -0.05) is 72.8 Å². The fourth-order valence-electron chi connectivity index (χ4n) is 2.73. The number of benzene rings is 3. The number of rotatable bonds is 5. The second kappa shape index (κ2) is 6.93. The zero-order chi connectivity index (χ0) is 16.1. The summed E-state index contributed by atoms with van der Waals surface area (Å²) < 4.78 is 5.24. The molecule has 0 spiro atoms. The summed E-state index contributed by atoms with van der Waals surface area (Å²) in [5.41, 5.74) is 2.64. The molecule has 0 N–H and O–H groups in total. The maximum absolute atomic E-state index is 13.2. The van der Waals surface area contributed by atoms with E-state index in [9.17, 15) is 4.79 Å². The first-order valence-electron chi connectivity index (χ1n) is 7.58. The highest BCUT2D eigenvalue weighted by molar-refractivity contribution is 6.03. The van der Waals surface area contributed by atoms with Gasteiger partial charge in [0.05, 0.1) is 13.0 Å². The van der Waals surface area contributed by atoms with Crippen LogP contribution in [0.2, 0.25) is 0 Å². The summed E-state index contributed by atoms with van der Waals surface area (Å²) in [4.78, 5) is 13.2. The number of methoxy groups -OCH3 is 1. The topological polar surface area (TPSA) is 26.3 Å². The lowest BCUT2D eigenvalue weighted by Gasteiger charge is -2.17. The largest absolute Gasteiger partial charge is 0.497 e. The first-order valence-corrected chi connectivity index (χ1v) is 7.58. The lowest BCUT2D eigenvalue weighted by molar-refractivity contribution is 0.0973. The molecule has 3 aromatic carbocycles. The molecule has 0 aliphatic heterocycles. The zero-order valence-electron chi connectivity index (χ0n) is 13.0. The van der Waals surface area contributed by atoms with E-state index in [-0.39, 0.29) is 11.7 Å². The third-order valence-electron chi connectivity index (χ3n) is 3.88. The van der Waals surface area contributed by atoms with E-state index in [1.807, 2.05) is 78.9 Å². The maximum atomic E-state index is 13.2. The Morgan fingerprint density at radius 2 is 1.35 bits per heavy atom. The molecule has 3 aromatic rings. The minimum atomic E-state index is -0.315. The molecule has 0 saturated carbocycles. The van der Waals surface area contributed by atoms with E-state index in [1.165, 1.54) is 0 Å². The van der Waals surface area contributed by atoms with Crippen LogP contribution < -0.4 is 4.74 Å². The summed E-state index contributed by atoms with van der Waals surface area (Å²) in [6.45, 7) is 0. The molecule has 0 bridgehead atoms. The van der Waals surface area contributed by atoms with Crippen LogP contribution in [0.25, 0.3) is 0 Å². The standard InChI is InChI=1S/C21H18O2/c1-23-19-14-8-13-18(15-19)21(22)20(16-9-4-2-5-10-16)17-11-6-3-7-12-17/h2-15,20H,1H3. The highest BCUT2D eigenvalue weighted by Gasteiger charge is 2.23. The molecule has 23 heavy (non-hydrogen) atoms. The van der Waals surface area contributed by atoms with E-state index < -0.39 is 0 Å². The van der Waals surface area contributed by atoms with Crippen molar-refractivity contribution in [2.24, 2.45) is 0 Å². The zero-order valence-corrected chi connectivity index (χ0v) is 13.0. The summed E-state index contributed by atoms with van der Waals surface area (Å²) in [5, 5.41) is 0. The predicted molar refractivity (Wildman–Crippen MR) is 92.1 cm³/mol. The van der Waals surface area contributed by atoms with E-state index in [0.29, 0.717) is 11.3 Å². The maximum Gasteiger partial charge on any atom is 0.174 e. The van der Waals surface area contributed by atoms with Crippen molar-refractivity contribution in [1.29, 1.82) is 0 Å². The van der Waals surface area contributed by atoms with Gasteiger partial charge in [-0.3, -0.25) is 4.79 Å². The Hall–Kier alpha value is -2.87. The summed E-state index contributed by atoms with van der Waals surface area (Å²) in [6, 6.07) is 27.1. The van der Waals surface area contributed by atoms with Crippen molar-refractivity contribution in [3.63, 3.8) is 0 Å². The molecule has 114 valence electrons. The van der Waals surface area contributed by atoms with Crippen LogP contribution >= 0.6 is 0 Å². The lowest BCUT2D eigenvalue weighted by atomic mass is 9.85. The summed E-state index contributed by atoms with van der Waals surface area (Å²) in [5.74, 6) is 0.446. The van der Waals surface area contributed by atoms with E-state index in [0.717, 1.165) is 11.1 Å². The van der Waals surface area contributed by atoms with Gasteiger partial charge < -0.3 is 4.74 Å². The van der Waals surface area contributed by atoms with E-state index in [2.05, 4.69) is 0 Å². The van der Waals surface area contributed by atoms with Gasteiger partial charge in [-0.15, -0.1) is 0 Å². The summed E-state index contributed by atoms with van der Waals surface area (Å²) in [7, 11) is 1.61. The third kappa shape index (κ3) is 3.32. The molecule has 0 unspecified atom stereocenters. The van der Waals surface area contributed by atoms with Gasteiger partial charge >= 0.3 is 0 Å². The Bertz CT molecular complexity index is 740. The average Bonchev–Trinajstić information content (AvgIpc) is 2.64. The number of hydrogen-bond donors (Lipinski definition) is 0. The van der Waals surface area contributed by atoms with E-state index in [1.54, 1.807) is 13.2 Å². The molecule has 0 atom stereocenters. The van der Waals surface area contributed by atoms with Crippen LogP contribution in [-0.2, 0) is 0 Å². The first kappa shape index (κ1) is 15.0. The van der Waals surface area contributed by atoms with E-state index in [4.69, 9.17) is 4.74 Å². The van der Waals surface area contributed by atoms with Crippen LogP contribution in [0.15, 0.2) is 84.9 Å². The van der Waals surface area contributed by atoms with Gasteiger partial charge in [0, 0.05) is 5.56 Å². The number of hydrogen-bond acceptors (Lipinski definition) is 2. The van der Waals surface area contributed by atoms with Crippen molar-refractivity contribution in [1.82, 2.24) is 0 Å². The Morgan fingerprint density at radius 1 is 0.783 bits per heavy atom. The fourth-order valence-corrected chi connectivity index (χ4v) is 2.73. The van der Waals surface area contributed by atoms with Gasteiger partial charge in [0.1, 0.15) is 5.75 Å². The van der Waals surface area contributed by atoms with Crippen LogP contribution in [-0.4, -0.2) is 12.9 Å². The van der Waals surface area contributed by atoms with Crippen LogP contribution in [0.3, 0.4) is 0 Å². The molecule has 0 amide bonds. The van der Waals surface area contributed by atoms with Crippen LogP contribution in [0.1, 0.15) is 27.4 Å². The molecular formula is C21H18O2. The third-order valence-corrected chi connectivity index (χ3v) is 3.88. The molecule has 0 saturated heterocycles. The van der Waals surface area contributed by atoms with Crippen molar-refractivity contribution in [2.75, 3.05) is 7.11 Å². The lowest BCUT2D eigenvalue weighted by Crippen LogP contribution is -2.14. The minimum absolute atomic E-state index is 0.0706. The molecule has 0 aliphatic carbocycles. The molecule has 0 fully saturated rings. The van der Waals surface area contributed by atoms with Crippen molar-refractivity contribution < 1.29 is 9.53 Å². The number of Topliss-reactive ketones (excluding diaryl/α,β-unsaturated/α-hetero) is 1. The minimum Gasteiger partial charge on any atom is -0.497 e. The van der Waals surface area contributed by atoms with Gasteiger partial charge in [0.25, 0.3) is 0 Å². The Kier molecular flexibility index (Phi) is 4.53. The molecule has 2 nitrogen and oxygen atoms in total. The second-order valence-corrected chi connectivity index (χ2v) is 5.35. The molecular weight excluding hydrogens is 284 g/mol. The number of carbonyl (C=O) groups is 1. The van der Waals surface area contributed by atoms with Gasteiger partial charge in [0.2, 0.25) is 0 Å². The van der Waals surface area contributed by atoms with Crippen molar-refractivity contribution >= 4 is 5.78 Å². The Balaban J connectivity index is 2.06. The monoisotopic (exact) mass is 302 g/mol. The van der Waals surface area contributed by atoms with E-state index >= 15 is 0 Å². The SMILES string of the molecule is COc1cccc(C(=O)C(c2ccccc2)c2ccccc2)c1. The first-order chi connectivity index (χ1) is 11.3. The van der Waals surface area contributed by atoms with Crippen molar-refractivity contribution in [3.8, 4) is 5.75 Å². The Labute approximate surface area is 136 Å². The molecule has 0 aromatic heterocycles. The van der Waals surface area contributed by atoms with Crippen molar-refractivity contribution in [3.05, 3.63) is 102 Å². The molecule has 0 aliphatic rings. The molecule has 3 rings (SSSR count). The average molecular weight is 302 g/mol. The number of carbonyl (C=O) groups excluding carboxylic acids is 1. The normalized spacial score (nSPS) is 10.5. The quantitative estimate of drug-likeness (QED) is 0.638. The smallest absolute Gasteiger partial charge is 0.174 e. The summed E-state index contributed by atoms with van der Waals surface area (Å²) in [6.07, 6.45) is 0. The van der Waals surface area contributed by atoms with Crippen LogP contribution in [0.5, 0.6) is 5.75 Å². The van der Waals surface area contributed by atoms with Crippen molar-refractivity contribution in [2.45, 2.75) is 5.92 Å². The molecule has 0 radical (unpaired) electrons. The number of ether oxygens (including phenoxy) is 1. The summed E-state index contributed by atoms with van der Waals surface area (Å²) >= 11 is 0. The fraction of sp³-hybridized carbons (Fsp3) is 0.0952. The van der Waals surface area contributed by atoms with Gasteiger partial charge in [-0.2, -0.15) is 0 Å². The van der Waals surface area contributed by atoms with Gasteiger partial charge in [0.15, 0.2) is 5.78 Å². The second-order valence-electron chi connectivity index (χ2n) is 5.35. The highest BCUT2D eigenvalue weighted by atomic mass is 16.5. The van der Waals surface area contributed by atoms with Crippen LogP contribution in [0.4, 0.5) is 0 Å². The van der Waals surface area contributed by atoms with Gasteiger partial charge in [-0.05, 0) is 23.3 Å². The number of ketones is 1. The van der Waals surface area contributed by atoms with Crippen LogP contribution in [0, 0.1) is 0 Å². The molecule has 2 heteroatoms. The predicted octanol–water partition coefficient (Wildman–Crippen LogP) is 4.71. The highest BCUT2D eigenvalue weighted by Crippen LogP contribution is 2.29.